The molecule has 0 aliphatic carbocycles. The molecule has 0 spiro atoms. The van der Waals surface area contributed by atoms with Crippen molar-refractivity contribution >= 4 is 23.2 Å². The van der Waals surface area contributed by atoms with Gasteiger partial charge in [0, 0.05) is 20.2 Å². The molecule has 2 rings (SSSR count). The molecule has 1 aliphatic heterocycles. The first-order valence-corrected chi connectivity index (χ1v) is 6.74. The number of carbonyl (C=O) groups is 1. The molecule has 19 heavy (non-hydrogen) atoms. The van der Waals surface area contributed by atoms with Crippen LogP contribution in [0.15, 0.2) is 12.3 Å². The van der Waals surface area contributed by atoms with Crippen LogP contribution in [0.1, 0.15) is 29.6 Å². The number of nitrogens with zero attached hydrogens (tertiary/aromatic N) is 2. The summed E-state index contributed by atoms with van der Waals surface area (Å²) < 4.78 is 5.63. The maximum Gasteiger partial charge on any atom is 0.255 e. The molecule has 2 N–H and O–H groups in total. The Hall–Kier alpha value is -1.33. The molecule has 1 atom stereocenters. The summed E-state index contributed by atoms with van der Waals surface area (Å²) >= 11 is 5.80. The number of rotatable bonds is 3. The van der Waals surface area contributed by atoms with Crippen LogP contribution in [0, 0.1) is 0 Å². The Labute approximate surface area is 117 Å². The average Bonchev–Trinajstić information content (AvgIpc) is 2.42. The number of carbonyl (C=O) groups excluding carboxylic acids is 1. The molecule has 1 fully saturated rings. The minimum absolute atomic E-state index is 0.112. The topological polar surface area (TPSA) is 68.5 Å². The van der Waals surface area contributed by atoms with Gasteiger partial charge in [-0.3, -0.25) is 4.79 Å². The number of pyridine rings is 1. The summed E-state index contributed by atoms with van der Waals surface area (Å²) in [6, 6.07) is 1.50. The Morgan fingerprint density at radius 3 is 3.11 bits per heavy atom. The third-order valence-corrected chi connectivity index (χ3v) is 3.44. The molecule has 0 aromatic carbocycles. The highest BCUT2D eigenvalue weighted by Crippen LogP contribution is 2.18. The third-order valence-electron chi connectivity index (χ3n) is 3.23. The van der Waals surface area contributed by atoms with E-state index in [1.54, 1.807) is 11.9 Å². The molecule has 0 saturated carbocycles. The van der Waals surface area contributed by atoms with Gasteiger partial charge in [0.2, 0.25) is 0 Å². The fourth-order valence-electron chi connectivity index (χ4n) is 2.17. The van der Waals surface area contributed by atoms with Crippen LogP contribution < -0.4 is 5.73 Å². The van der Waals surface area contributed by atoms with Crippen molar-refractivity contribution in [3.8, 4) is 0 Å². The lowest BCUT2D eigenvalue weighted by Gasteiger charge is -2.27. The number of aromatic nitrogens is 1. The van der Waals surface area contributed by atoms with Gasteiger partial charge in [-0.1, -0.05) is 11.6 Å². The van der Waals surface area contributed by atoms with Gasteiger partial charge in [0.1, 0.15) is 5.15 Å². The zero-order valence-corrected chi connectivity index (χ0v) is 11.7. The third kappa shape index (κ3) is 3.58. The predicted octanol–water partition coefficient (Wildman–Crippen LogP) is 1.96. The summed E-state index contributed by atoms with van der Waals surface area (Å²) in [6.45, 7) is 1.34. The van der Waals surface area contributed by atoms with Crippen molar-refractivity contribution in [2.45, 2.75) is 25.4 Å². The largest absolute Gasteiger partial charge is 0.397 e. The Kier molecular flexibility index (Phi) is 4.61. The maximum absolute atomic E-state index is 12.3. The van der Waals surface area contributed by atoms with Gasteiger partial charge in [-0.2, -0.15) is 0 Å². The standard InChI is InChI=1S/C13H18ClN3O2/c1-17(8-9-4-2-3-5-19-9)13(18)10-6-12(14)16-7-11(10)15/h6-7,9H,2-5,8,15H2,1H3. The highest BCUT2D eigenvalue weighted by atomic mass is 35.5. The van der Waals surface area contributed by atoms with E-state index in [9.17, 15) is 4.79 Å². The number of amides is 1. The number of nitrogens with two attached hydrogens (primary N) is 1. The number of anilines is 1. The SMILES string of the molecule is CN(CC1CCCCO1)C(=O)c1cc(Cl)ncc1N. The minimum atomic E-state index is -0.157. The van der Waals surface area contributed by atoms with Gasteiger partial charge in [-0.15, -0.1) is 0 Å². The highest BCUT2D eigenvalue weighted by molar-refractivity contribution is 6.29. The summed E-state index contributed by atoms with van der Waals surface area (Å²) in [4.78, 5) is 17.8. The van der Waals surface area contributed by atoms with Crippen molar-refractivity contribution < 1.29 is 9.53 Å². The molecule has 1 aliphatic rings. The summed E-state index contributed by atoms with van der Waals surface area (Å²) in [5.74, 6) is -0.157. The molecule has 1 unspecified atom stereocenters. The average molecular weight is 284 g/mol. The molecular formula is C13H18ClN3O2. The van der Waals surface area contributed by atoms with Gasteiger partial charge in [-0.25, -0.2) is 4.98 Å². The van der Waals surface area contributed by atoms with E-state index in [2.05, 4.69) is 4.98 Å². The first-order valence-electron chi connectivity index (χ1n) is 6.36. The van der Waals surface area contributed by atoms with Crippen LogP contribution in [-0.2, 0) is 4.74 Å². The van der Waals surface area contributed by atoms with E-state index < -0.39 is 0 Å². The number of hydrogen-bond acceptors (Lipinski definition) is 4. The molecule has 5 nitrogen and oxygen atoms in total. The Morgan fingerprint density at radius 2 is 2.42 bits per heavy atom. The number of halogens is 1. The van der Waals surface area contributed by atoms with Crippen molar-refractivity contribution in [3.63, 3.8) is 0 Å². The van der Waals surface area contributed by atoms with Crippen molar-refractivity contribution in [2.24, 2.45) is 0 Å². The normalized spacial score (nSPS) is 19.2. The summed E-state index contributed by atoms with van der Waals surface area (Å²) in [6.07, 6.45) is 4.75. The van der Waals surface area contributed by atoms with Gasteiger partial charge < -0.3 is 15.4 Å². The predicted molar refractivity (Wildman–Crippen MR) is 74.2 cm³/mol. The van der Waals surface area contributed by atoms with E-state index in [4.69, 9.17) is 22.1 Å². The van der Waals surface area contributed by atoms with Gasteiger partial charge in [0.05, 0.1) is 23.6 Å². The molecule has 1 amide bonds. The zero-order valence-electron chi connectivity index (χ0n) is 10.9. The lowest BCUT2D eigenvalue weighted by molar-refractivity contribution is -0.000171. The molecule has 0 radical (unpaired) electrons. The molecule has 104 valence electrons. The van der Waals surface area contributed by atoms with Crippen molar-refractivity contribution in [3.05, 3.63) is 23.0 Å². The molecule has 0 bridgehead atoms. The molecule has 1 saturated heterocycles. The first-order chi connectivity index (χ1) is 9.08. The molecule has 1 aromatic rings. The second-order valence-electron chi connectivity index (χ2n) is 4.77. The molecule has 1 aromatic heterocycles. The van der Waals surface area contributed by atoms with E-state index >= 15 is 0 Å². The Bertz CT molecular complexity index is 461. The van der Waals surface area contributed by atoms with Crippen molar-refractivity contribution in [1.82, 2.24) is 9.88 Å². The van der Waals surface area contributed by atoms with Crippen LogP contribution in [-0.4, -0.2) is 42.1 Å². The van der Waals surface area contributed by atoms with Crippen molar-refractivity contribution in [1.29, 1.82) is 0 Å². The smallest absolute Gasteiger partial charge is 0.255 e. The lowest BCUT2D eigenvalue weighted by atomic mass is 10.1. The fraction of sp³-hybridized carbons (Fsp3) is 0.538. The summed E-state index contributed by atoms with van der Waals surface area (Å²) in [5, 5.41) is 0.264. The molecule has 6 heteroatoms. The Balaban J connectivity index is 2.03. The number of hydrogen-bond donors (Lipinski definition) is 1. The van der Waals surface area contributed by atoms with Crippen LogP contribution in [0.25, 0.3) is 0 Å². The van der Waals surface area contributed by atoms with Crippen molar-refractivity contribution in [2.75, 3.05) is 25.9 Å². The monoisotopic (exact) mass is 283 g/mol. The van der Waals surface area contributed by atoms with E-state index in [1.165, 1.54) is 12.3 Å². The summed E-state index contributed by atoms with van der Waals surface area (Å²) in [7, 11) is 1.74. The summed E-state index contributed by atoms with van der Waals surface area (Å²) in [5.41, 5.74) is 6.49. The highest BCUT2D eigenvalue weighted by Gasteiger charge is 2.21. The maximum atomic E-state index is 12.3. The number of ether oxygens (including phenoxy) is 1. The zero-order chi connectivity index (χ0) is 13.8. The van der Waals surface area contributed by atoms with E-state index in [0.29, 0.717) is 17.8 Å². The van der Waals surface area contributed by atoms with Crippen LogP contribution in [0.2, 0.25) is 5.15 Å². The fourth-order valence-corrected chi connectivity index (χ4v) is 2.33. The van der Waals surface area contributed by atoms with E-state index in [-0.39, 0.29) is 17.2 Å². The van der Waals surface area contributed by atoms with Crippen LogP contribution in [0.3, 0.4) is 0 Å². The van der Waals surface area contributed by atoms with Gasteiger partial charge >= 0.3 is 0 Å². The first kappa shape index (κ1) is 14.1. The van der Waals surface area contributed by atoms with Gasteiger partial charge in [0.15, 0.2) is 0 Å². The lowest BCUT2D eigenvalue weighted by Crippen LogP contribution is -2.37. The van der Waals surface area contributed by atoms with Crippen LogP contribution in [0.4, 0.5) is 5.69 Å². The second-order valence-corrected chi connectivity index (χ2v) is 5.16. The quantitative estimate of drug-likeness (QED) is 0.861. The van der Waals surface area contributed by atoms with Gasteiger partial charge in [0.25, 0.3) is 5.91 Å². The van der Waals surface area contributed by atoms with Crippen LogP contribution >= 0.6 is 11.6 Å². The molecular weight excluding hydrogens is 266 g/mol. The van der Waals surface area contributed by atoms with E-state index in [0.717, 1.165) is 25.9 Å². The van der Waals surface area contributed by atoms with E-state index in [1.807, 2.05) is 0 Å². The minimum Gasteiger partial charge on any atom is -0.397 e. The van der Waals surface area contributed by atoms with Gasteiger partial charge in [-0.05, 0) is 25.3 Å². The Morgan fingerprint density at radius 1 is 1.63 bits per heavy atom. The number of nitrogen functional groups attached to an aromatic ring is 1. The molecule has 2 heterocycles. The second kappa shape index (κ2) is 6.21. The van der Waals surface area contributed by atoms with Crippen LogP contribution in [0.5, 0.6) is 0 Å². The number of likely N-dealkylation sites (N-methyl/N-ethyl adjacent to an activating group) is 1.